The summed E-state index contributed by atoms with van der Waals surface area (Å²) in [4.78, 5) is 35.7. The molecule has 1 atom stereocenters. The average molecular weight is 364 g/mol. The normalized spacial score (nSPS) is 11.3. The molecule has 0 radical (unpaired) electrons. The molecule has 0 aliphatic heterocycles. The number of hydrogen-bond donors (Lipinski definition) is 2. The maximum atomic E-state index is 12.3. The Morgan fingerprint density at radius 2 is 1.92 bits per heavy atom. The van der Waals surface area contributed by atoms with E-state index >= 15 is 0 Å². The van der Waals surface area contributed by atoms with Gasteiger partial charge in [-0.25, -0.2) is 9.59 Å². The third-order valence-electron chi connectivity index (χ3n) is 2.92. The van der Waals surface area contributed by atoms with Crippen LogP contribution >= 0.6 is 11.3 Å². The van der Waals surface area contributed by atoms with Crippen molar-refractivity contribution in [1.82, 2.24) is 15.5 Å². The predicted molar refractivity (Wildman–Crippen MR) is 89.2 cm³/mol. The fraction of sp³-hybridized carbons (Fsp3) is 0.267. The summed E-state index contributed by atoms with van der Waals surface area (Å²) in [6.07, 6.45) is -0.687. The number of benzene rings is 1. The van der Waals surface area contributed by atoms with E-state index in [0.717, 1.165) is 11.3 Å². The standard InChI is InChI=1S/C15H16N4O5S/c1-3-24-15(22)17-14-19-18-12(25-14)10(13(21)23-2)16-11(20)9-7-5-4-6-8-9/h4-8,10H,3H2,1-2H3,(H,16,20)(H,17,19,22)/t10-/m0/s1. The summed E-state index contributed by atoms with van der Waals surface area (Å²) >= 11 is 0.926. The fourth-order valence-corrected chi connectivity index (χ4v) is 2.57. The molecule has 25 heavy (non-hydrogen) atoms. The summed E-state index contributed by atoms with van der Waals surface area (Å²) in [5.41, 5.74) is 0.380. The Bertz CT molecular complexity index is 749. The van der Waals surface area contributed by atoms with Gasteiger partial charge >= 0.3 is 12.1 Å². The molecule has 10 heteroatoms. The number of rotatable bonds is 6. The van der Waals surface area contributed by atoms with Gasteiger partial charge in [0.05, 0.1) is 13.7 Å². The molecule has 0 unspecified atom stereocenters. The molecule has 9 nitrogen and oxygen atoms in total. The van der Waals surface area contributed by atoms with E-state index in [1.54, 1.807) is 37.3 Å². The number of methoxy groups -OCH3 is 1. The van der Waals surface area contributed by atoms with E-state index in [4.69, 9.17) is 9.47 Å². The van der Waals surface area contributed by atoms with Gasteiger partial charge in [-0.3, -0.25) is 10.1 Å². The molecule has 0 fully saturated rings. The second-order valence-electron chi connectivity index (χ2n) is 4.59. The first-order valence-corrected chi connectivity index (χ1v) is 8.07. The highest BCUT2D eigenvalue weighted by molar-refractivity contribution is 7.15. The summed E-state index contributed by atoms with van der Waals surface area (Å²) in [6.45, 7) is 1.87. The molecule has 0 saturated carbocycles. The number of carbonyl (C=O) groups is 3. The molecule has 2 aromatic rings. The number of hydrogen-bond acceptors (Lipinski definition) is 8. The molecule has 1 aromatic heterocycles. The Kier molecular flexibility index (Phi) is 6.40. The van der Waals surface area contributed by atoms with Crippen molar-refractivity contribution in [3.8, 4) is 0 Å². The topological polar surface area (TPSA) is 120 Å². The van der Waals surface area contributed by atoms with Crippen LogP contribution < -0.4 is 10.6 Å². The monoisotopic (exact) mass is 364 g/mol. The van der Waals surface area contributed by atoms with Gasteiger partial charge in [0, 0.05) is 5.56 Å². The van der Waals surface area contributed by atoms with Gasteiger partial charge in [0.2, 0.25) is 5.13 Å². The molecule has 2 amide bonds. The van der Waals surface area contributed by atoms with Gasteiger partial charge in [-0.1, -0.05) is 29.5 Å². The summed E-state index contributed by atoms with van der Waals surface area (Å²) < 4.78 is 9.44. The van der Waals surface area contributed by atoms with Gasteiger partial charge in [-0.2, -0.15) is 0 Å². The minimum Gasteiger partial charge on any atom is -0.467 e. The number of carbonyl (C=O) groups excluding carboxylic acids is 3. The summed E-state index contributed by atoms with van der Waals surface area (Å²) in [5, 5.41) is 12.8. The fourth-order valence-electron chi connectivity index (χ4n) is 1.80. The lowest BCUT2D eigenvalue weighted by atomic mass is 10.2. The zero-order valence-electron chi connectivity index (χ0n) is 13.5. The van der Waals surface area contributed by atoms with Crippen molar-refractivity contribution in [3.05, 3.63) is 40.9 Å². The Balaban J connectivity index is 2.15. The first-order chi connectivity index (χ1) is 12.0. The Labute approximate surface area is 147 Å². The van der Waals surface area contributed by atoms with Crippen LogP contribution in [-0.4, -0.2) is 41.9 Å². The SMILES string of the molecule is CCOC(=O)Nc1nnc([C@H](NC(=O)c2ccccc2)C(=O)OC)s1. The van der Waals surface area contributed by atoms with E-state index in [9.17, 15) is 14.4 Å². The maximum absolute atomic E-state index is 12.3. The zero-order valence-corrected chi connectivity index (χ0v) is 14.3. The van der Waals surface area contributed by atoms with Gasteiger partial charge in [0.15, 0.2) is 11.0 Å². The van der Waals surface area contributed by atoms with Gasteiger partial charge in [0.1, 0.15) is 0 Å². The molecule has 1 heterocycles. The first kappa shape index (κ1) is 18.3. The van der Waals surface area contributed by atoms with Crippen LogP contribution in [-0.2, 0) is 14.3 Å². The molecule has 0 aliphatic rings. The highest BCUT2D eigenvalue weighted by atomic mass is 32.1. The van der Waals surface area contributed by atoms with Gasteiger partial charge < -0.3 is 14.8 Å². The quantitative estimate of drug-likeness (QED) is 0.749. The number of nitrogens with one attached hydrogen (secondary N) is 2. The molecule has 0 saturated heterocycles. The Hall–Kier alpha value is -3.01. The molecule has 0 bridgehead atoms. The second kappa shape index (κ2) is 8.73. The van der Waals surface area contributed by atoms with Crippen LogP contribution in [0.2, 0.25) is 0 Å². The second-order valence-corrected chi connectivity index (χ2v) is 5.60. The van der Waals surface area contributed by atoms with Crippen molar-refractivity contribution in [1.29, 1.82) is 0 Å². The highest BCUT2D eigenvalue weighted by Crippen LogP contribution is 2.23. The lowest BCUT2D eigenvalue weighted by Gasteiger charge is -2.13. The van der Waals surface area contributed by atoms with Gasteiger partial charge in [-0.05, 0) is 19.1 Å². The van der Waals surface area contributed by atoms with Crippen LogP contribution in [0.15, 0.2) is 30.3 Å². The summed E-state index contributed by atoms with van der Waals surface area (Å²) in [6, 6.07) is 7.25. The van der Waals surface area contributed by atoms with Crippen molar-refractivity contribution in [3.63, 3.8) is 0 Å². The molecular formula is C15H16N4O5S. The summed E-state index contributed by atoms with van der Waals surface area (Å²) in [7, 11) is 1.20. The molecule has 2 N–H and O–H groups in total. The lowest BCUT2D eigenvalue weighted by molar-refractivity contribution is -0.143. The smallest absolute Gasteiger partial charge is 0.413 e. The van der Waals surface area contributed by atoms with E-state index in [1.165, 1.54) is 7.11 Å². The highest BCUT2D eigenvalue weighted by Gasteiger charge is 2.28. The van der Waals surface area contributed by atoms with E-state index in [-0.39, 0.29) is 16.7 Å². The first-order valence-electron chi connectivity index (χ1n) is 7.26. The molecule has 1 aromatic carbocycles. The molecule has 0 spiro atoms. The van der Waals surface area contributed by atoms with E-state index < -0.39 is 24.0 Å². The van der Waals surface area contributed by atoms with Crippen molar-refractivity contribution in [2.45, 2.75) is 13.0 Å². The molecule has 132 valence electrons. The molecule has 2 rings (SSSR count). The third-order valence-corrected chi connectivity index (χ3v) is 3.82. The van der Waals surface area contributed by atoms with Gasteiger partial charge in [0.25, 0.3) is 5.91 Å². The summed E-state index contributed by atoms with van der Waals surface area (Å²) in [5.74, 6) is -1.17. The zero-order chi connectivity index (χ0) is 18.2. The molecule has 0 aliphatic carbocycles. The van der Waals surface area contributed by atoms with E-state index in [0.29, 0.717) is 5.56 Å². The van der Waals surface area contributed by atoms with Crippen LogP contribution in [0.4, 0.5) is 9.93 Å². The minimum atomic E-state index is -1.15. The van der Waals surface area contributed by atoms with Crippen molar-refractivity contribution in [2.24, 2.45) is 0 Å². The Morgan fingerprint density at radius 1 is 1.20 bits per heavy atom. The van der Waals surface area contributed by atoms with Crippen LogP contribution in [0.5, 0.6) is 0 Å². The van der Waals surface area contributed by atoms with E-state index in [1.807, 2.05) is 0 Å². The third kappa shape index (κ3) is 4.98. The Morgan fingerprint density at radius 3 is 2.56 bits per heavy atom. The molecular weight excluding hydrogens is 348 g/mol. The number of aromatic nitrogens is 2. The van der Waals surface area contributed by atoms with Crippen LogP contribution in [0.25, 0.3) is 0 Å². The number of amides is 2. The average Bonchev–Trinajstić information content (AvgIpc) is 3.07. The predicted octanol–water partition coefficient (Wildman–Crippen LogP) is 1.75. The number of esters is 1. The van der Waals surface area contributed by atoms with Crippen molar-refractivity contribution in [2.75, 3.05) is 19.0 Å². The number of ether oxygens (including phenoxy) is 2. The minimum absolute atomic E-state index is 0.135. The van der Waals surface area contributed by atoms with Crippen molar-refractivity contribution < 1.29 is 23.9 Å². The number of nitrogens with zero attached hydrogens (tertiary/aromatic N) is 2. The largest absolute Gasteiger partial charge is 0.467 e. The van der Waals surface area contributed by atoms with Gasteiger partial charge in [-0.15, -0.1) is 10.2 Å². The van der Waals surface area contributed by atoms with Crippen LogP contribution in [0.1, 0.15) is 28.3 Å². The lowest BCUT2D eigenvalue weighted by Crippen LogP contribution is -2.34. The van der Waals surface area contributed by atoms with Crippen LogP contribution in [0.3, 0.4) is 0 Å². The number of anilines is 1. The van der Waals surface area contributed by atoms with Crippen LogP contribution in [0, 0.1) is 0 Å². The maximum Gasteiger partial charge on any atom is 0.413 e. The van der Waals surface area contributed by atoms with E-state index in [2.05, 4.69) is 20.8 Å². The van der Waals surface area contributed by atoms with Crippen molar-refractivity contribution >= 4 is 34.4 Å².